The van der Waals surface area contributed by atoms with Crippen LogP contribution in [0.25, 0.3) is 0 Å². The van der Waals surface area contributed by atoms with E-state index in [1.54, 1.807) is 13.0 Å². The summed E-state index contributed by atoms with van der Waals surface area (Å²) in [6.45, 7) is 1.44. The lowest BCUT2D eigenvalue weighted by Gasteiger charge is -2.15. The molecule has 1 aromatic carbocycles. The molecule has 21 heavy (non-hydrogen) atoms. The topological polar surface area (TPSA) is 80.8 Å². The number of fused-ring (bicyclic) bond motifs is 1. The van der Waals surface area contributed by atoms with Crippen LogP contribution in [0.15, 0.2) is 18.2 Å². The van der Waals surface area contributed by atoms with Gasteiger partial charge in [-0.1, -0.05) is 17.7 Å². The lowest BCUT2D eigenvalue weighted by Crippen LogP contribution is -2.35. The van der Waals surface area contributed by atoms with E-state index in [9.17, 15) is 19.2 Å². The first-order valence-electron chi connectivity index (χ1n) is 6.27. The molecule has 7 heteroatoms. The number of nitrogens with zero attached hydrogens (tertiary/aromatic N) is 1. The van der Waals surface area contributed by atoms with E-state index in [4.69, 9.17) is 11.6 Å². The molecule has 0 bridgehead atoms. The maximum atomic E-state index is 11.9. The number of rotatable bonds is 5. The van der Waals surface area contributed by atoms with E-state index in [0.717, 1.165) is 4.90 Å². The molecule has 0 aromatic heterocycles. The average molecular weight is 310 g/mol. The van der Waals surface area contributed by atoms with Gasteiger partial charge in [0.05, 0.1) is 29.4 Å². The van der Waals surface area contributed by atoms with Crippen molar-refractivity contribution in [1.29, 1.82) is 0 Å². The number of ketones is 2. The number of ether oxygens (including phenoxy) is 1. The molecular formula is C14H12ClNO5. The van der Waals surface area contributed by atoms with Crippen LogP contribution in [0.1, 0.15) is 23.7 Å². The molecule has 110 valence electrons. The van der Waals surface area contributed by atoms with Crippen LogP contribution in [-0.4, -0.2) is 36.6 Å². The molecule has 1 aliphatic rings. The Hall–Kier alpha value is -2.21. The number of Topliss-reactive ketones (excluding diaryl/α,β-unsaturated/α-hetero) is 2. The number of carbonyl (C=O) groups is 4. The largest absolute Gasteiger partial charge is 0.466 e. The Bertz CT molecular complexity index is 640. The van der Waals surface area contributed by atoms with E-state index in [1.165, 1.54) is 12.1 Å². The van der Waals surface area contributed by atoms with Crippen LogP contribution in [0.3, 0.4) is 0 Å². The summed E-state index contributed by atoms with van der Waals surface area (Å²) in [6, 6.07) is 4.60. The van der Waals surface area contributed by atoms with E-state index in [-0.39, 0.29) is 29.4 Å². The fourth-order valence-corrected chi connectivity index (χ4v) is 2.32. The van der Waals surface area contributed by atoms with Crippen molar-refractivity contribution >= 4 is 40.7 Å². The van der Waals surface area contributed by atoms with Crippen molar-refractivity contribution in [2.45, 2.75) is 13.3 Å². The van der Waals surface area contributed by atoms with Crippen LogP contribution >= 0.6 is 11.6 Å². The molecule has 1 aromatic rings. The van der Waals surface area contributed by atoms with Crippen LogP contribution in [0.4, 0.5) is 5.69 Å². The second-order valence-corrected chi connectivity index (χ2v) is 4.78. The maximum absolute atomic E-state index is 11.9. The highest BCUT2D eigenvalue weighted by Gasteiger charge is 2.38. The highest BCUT2D eigenvalue weighted by Crippen LogP contribution is 2.33. The third-order valence-electron chi connectivity index (χ3n) is 2.93. The quantitative estimate of drug-likeness (QED) is 0.466. The molecule has 2 rings (SSSR count). The molecule has 0 fully saturated rings. The Kier molecular flexibility index (Phi) is 4.37. The Balaban J connectivity index is 2.17. The Labute approximate surface area is 125 Å². The molecule has 1 amide bonds. The predicted molar refractivity (Wildman–Crippen MR) is 74.4 cm³/mol. The van der Waals surface area contributed by atoms with Crippen molar-refractivity contribution < 1.29 is 23.9 Å². The van der Waals surface area contributed by atoms with Crippen molar-refractivity contribution in [3.8, 4) is 0 Å². The van der Waals surface area contributed by atoms with E-state index in [0.29, 0.717) is 0 Å². The SMILES string of the molecule is CCOC(=O)CC(=O)CN1C(=O)C(=O)c2c(Cl)cccc21. The van der Waals surface area contributed by atoms with E-state index in [2.05, 4.69) is 4.74 Å². The summed E-state index contributed by atoms with van der Waals surface area (Å²) < 4.78 is 4.66. The summed E-state index contributed by atoms with van der Waals surface area (Å²) in [4.78, 5) is 47.8. The zero-order chi connectivity index (χ0) is 15.6. The van der Waals surface area contributed by atoms with Gasteiger partial charge in [0, 0.05) is 0 Å². The molecular weight excluding hydrogens is 298 g/mol. The summed E-state index contributed by atoms with van der Waals surface area (Å²) in [5, 5.41) is 0.159. The molecule has 0 radical (unpaired) electrons. The molecule has 0 spiro atoms. The van der Waals surface area contributed by atoms with Gasteiger partial charge < -0.3 is 4.74 Å². The van der Waals surface area contributed by atoms with Crippen LogP contribution in [0.2, 0.25) is 5.02 Å². The number of hydrogen-bond donors (Lipinski definition) is 0. The summed E-state index contributed by atoms with van der Waals surface area (Å²) in [7, 11) is 0. The molecule has 0 saturated heterocycles. The smallest absolute Gasteiger partial charge is 0.313 e. The first-order chi connectivity index (χ1) is 9.95. The van der Waals surface area contributed by atoms with Crippen molar-refractivity contribution in [3.63, 3.8) is 0 Å². The second kappa shape index (κ2) is 6.05. The minimum absolute atomic E-state index is 0.0908. The molecule has 6 nitrogen and oxygen atoms in total. The third kappa shape index (κ3) is 2.95. The van der Waals surface area contributed by atoms with Crippen LogP contribution in [-0.2, 0) is 19.1 Å². The fraction of sp³-hybridized carbons (Fsp3) is 0.286. The average Bonchev–Trinajstić information content (AvgIpc) is 2.65. The molecule has 1 heterocycles. The van der Waals surface area contributed by atoms with Crippen LogP contribution < -0.4 is 4.90 Å². The molecule has 1 aliphatic heterocycles. The monoisotopic (exact) mass is 309 g/mol. The van der Waals surface area contributed by atoms with Gasteiger partial charge in [0.2, 0.25) is 0 Å². The van der Waals surface area contributed by atoms with Gasteiger partial charge in [-0.15, -0.1) is 0 Å². The lowest BCUT2D eigenvalue weighted by atomic mass is 10.1. The number of anilines is 1. The number of benzene rings is 1. The standard InChI is InChI=1S/C14H12ClNO5/c1-2-21-11(18)6-8(17)7-16-10-5-3-4-9(15)12(10)13(19)14(16)20/h3-5H,2,6-7H2,1H3. The number of hydrogen-bond acceptors (Lipinski definition) is 5. The zero-order valence-electron chi connectivity index (χ0n) is 11.2. The van der Waals surface area contributed by atoms with Crippen LogP contribution in [0, 0.1) is 0 Å². The maximum Gasteiger partial charge on any atom is 0.313 e. The van der Waals surface area contributed by atoms with Crippen molar-refractivity contribution in [1.82, 2.24) is 0 Å². The van der Waals surface area contributed by atoms with Gasteiger partial charge in [-0.3, -0.25) is 24.1 Å². The van der Waals surface area contributed by atoms with E-state index >= 15 is 0 Å². The van der Waals surface area contributed by atoms with Gasteiger partial charge in [0.1, 0.15) is 6.42 Å². The van der Waals surface area contributed by atoms with Gasteiger partial charge in [0.25, 0.3) is 11.7 Å². The summed E-state index contributed by atoms with van der Waals surface area (Å²) >= 11 is 5.90. The summed E-state index contributed by atoms with van der Waals surface area (Å²) in [5.41, 5.74) is 0.378. The Morgan fingerprint density at radius 2 is 2.00 bits per heavy atom. The van der Waals surface area contributed by atoms with Gasteiger partial charge in [-0.05, 0) is 19.1 Å². The van der Waals surface area contributed by atoms with Gasteiger partial charge >= 0.3 is 5.97 Å². The minimum Gasteiger partial charge on any atom is -0.466 e. The van der Waals surface area contributed by atoms with Gasteiger partial charge in [0.15, 0.2) is 5.78 Å². The summed E-state index contributed by atoms with van der Waals surface area (Å²) in [6.07, 6.45) is -0.443. The number of carbonyl (C=O) groups excluding carboxylic acids is 4. The molecule has 0 saturated carbocycles. The summed E-state index contributed by atoms with van der Waals surface area (Å²) in [5.74, 6) is -2.75. The number of esters is 1. The second-order valence-electron chi connectivity index (χ2n) is 4.37. The normalized spacial score (nSPS) is 13.3. The highest BCUT2D eigenvalue weighted by molar-refractivity contribution is 6.55. The van der Waals surface area contributed by atoms with Crippen molar-refractivity contribution in [3.05, 3.63) is 28.8 Å². The van der Waals surface area contributed by atoms with Gasteiger partial charge in [-0.2, -0.15) is 0 Å². The van der Waals surface area contributed by atoms with E-state index in [1.807, 2.05) is 0 Å². The Morgan fingerprint density at radius 1 is 1.29 bits per heavy atom. The first kappa shape index (κ1) is 15.2. The number of amides is 1. The van der Waals surface area contributed by atoms with Crippen molar-refractivity contribution in [2.75, 3.05) is 18.1 Å². The van der Waals surface area contributed by atoms with Crippen LogP contribution in [0.5, 0.6) is 0 Å². The zero-order valence-corrected chi connectivity index (χ0v) is 12.0. The minimum atomic E-state index is -0.824. The molecule has 0 unspecified atom stereocenters. The van der Waals surface area contributed by atoms with E-state index < -0.39 is 29.9 Å². The molecule has 0 aliphatic carbocycles. The third-order valence-corrected chi connectivity index (χ3v) is 3.25. The lowest BCUT2D eigenvalue weighted by molar-refractivity contribution is -0.145. The number of halogens is 1. The molecule has 0 N–H and O–H groups in total. The fourth-order valence-electron chi connectivity index (χ4n) is 2.06. The van der Waals surface area contributed by atoms with Gasteiger partial charge in [-0.25, -0.2) is 0 Å². The highest BCUT2D eigenvalue weighted by atomic mass is 35.5. The Morgan fingerprint density at radius 3 is 2.67 bits per heavy atom. The first-order valence-corrected chi connectivity index (χ1v) is 6.65. The molecule has 0 atom stereocenters. The predicted octanol–water partition coefficient (Wildman–Crippen LogP) is 1.39. The van der Waals surface area contributed by atoms with Crippen molar-refractivity contribution in [2.24, 2.45) is 0 Å².